The molecule has 6 heteroatoms. The number of likely N-dealkylation sites (N-methyl/N-ethyl adjacent to an activating group) is 1. The van der Waals surface area contributed by atoms with Crippen molar-refractivity contribution < 1.29 is 9.59 Å². The number of nitrogens with one attached hydrogen (secondary N) is 2. The van der Waals surface area contributed by atoms with Crippen LogP contribution in [0.2, 0.25) is 0 Å². The number of allylic oxidation sites excluding steroid dienone is 3. The lowest BCUT2D eigenvalue weighted by Gasteiger charge is -2.39. The maximum atomic E-state index is 13.8. The first-order valence-electron chi connectivity index (χ1n) is 12.5. The number of carbonyl (C=O) groups is 2. The summed E-state index contributed by atoms with van der Waals surface area (Å²) in [7, 11) is 1.75. The molecule has 0 unspecified atom stereocenters. The van der Waals surface area contributed by atoms with Crippen molar-refractivity contribution in [1.82, 2.24) is 20.4 Å². The van der Waals surface area contributed by atoms with Crippen LogP contribution in [-0.2, 0) is 9.59 Å². The highest BCUT2D eigenvalue weighted by molar-refractivity contribution is 5.90. The van der Waals surface area contributed by atoms with Crippen molar-refractivity contribution in [2.75, 3.05) is 33.2 Å². The first-order chi connectivity index (χ1) is 16.1. The van der Waals surface area contributed by atoms with Gasteiger partial charge in [-0.2, -0.15) is 0 Å². The second-order valence-corrected chi connectivity index (χ2v) is 9.61. The van der Waals surface area contributed by atoms with Crippen molar-refractivity contribution in [3.05, 3.63) is 59.7 Å². The van der Waals surface area contributed by atoms with E-state index in [4.69, 9.17) is 0 Å². The van der Waals surface area contributed by atoms with Crippen molar-refractivity contribution in [2.45, 2.75) is 57.2 Å². The van der Waals surface area contributed by atoms with Crippen LogP contribution in [0.25, 0.3) is 0 Å². The summed E-state index contributed by atoms with van der Waals surface area (Å²) in [5.41, 5.74) is 2.28. The second kappa shape index (κ2) is 11.1. The first-order valence-corrected chi connectivity index (χ1v) is 12.5. The highest BCUT2D eigenvalue weighted by Gasteiger charge is 2.42. The first kappa shape index (κ1) is 23.7. The molecule has 1 aliphatic carbocycles. The third kappa shape index (κ3) is 5.74. The van der Waals surface area contributed by atoms with Gasteiger partial charge in [-0.15, -0.1) is 0 Å². The van der Waals surface area contributed by atoms with E-state index in [9.17, 15) is 9.59 Å². The van der Waals surface area contributed by atoms with Gasteiger partial charge in [0.15, 0.2) is 0 Å². The molecule has 4 rings (SSSR count). The third-order valence-electron chi connectivity index (χ3n) is 7.51. The van der Waals surface area contributed by atoms with Crippen LogP contribution in [0.3, 0.4) is 0 Å². The van der Waals surface area contributed by atoms with Crippen molar-refractivity contribution in [1.29, 1.82) is 0 Å². The van der Waals surface area contributed by atoms with Gasteiger partial charge in [-0.05, 0) is 64.1 Å². The van der Waals surface area contributed by atoms with Crippen molar-refractivity contribution in [2.24, 2.45) is 5.92 Å². The van der Waals surface area contributed by atoms with E-state index in [1.54, 1.807) is 7.05 Å². The van der Waals surface area contributed by atoms with Gasteiger partial charge in [-0.3, -0.25) is 9.59 Å². The molecule has 33 heavy (non-hydrogen) atoms. The maximum absolute atomic E-state index is 13.8. The molecule has 4 atom stereocenters. The van der Waals surface area contributed by atoms with Crippen molar-refractivity contribution in [3.8, 4) is 0 Å². The predicted octanol–water partition coefficient (Wildman–Crippen LogP) is 3.04. The number of carbonyl (C=O) groups excluding carboxylic acids is 2. The SMILES string of the molecule is CN[C@@H](C)C(=O)N[C@H](C(=O)N1CC[C@H]2CCN(CCC3=CCCC=C3)C[C@H]21)c1ccccc1. The van der Waals surface area contributed by atoms with E-state index in [1.807, 2.05) is 37.3 Å². The molecule has 6 nitrogen and oxygen atoms in total. The molecule has 1 aromatic carbocycles. The lowest BCUT2D eigenvalue weighted by atomic mass is 9.91. The third-order valence-corrected chi connectivity index (χ3v) is 7.51. The molecule has 2 amide bonds. The Balaban J connectivity index is 1.45. The van der Waals surface area contributed by atoms with Crippen molar-refractivity contribution >= 4 is 11.8 Å². The fourth-order valence-corrected chi connectivity index (χ4v) is 5.32. The fourth-order valence-electron chi connectivity index (χ4n) is 5.32. The van der Waals surface area contributed by atoms with E-state index < -0.39 is 6.04 Å². The van der Waals surface area contributed by atoms with E-state index in [0.717, 1.165) is 63.8 Å². The van der Waals surface area contributed by atoms with Crippen molar-refractivity contribution in [3.63, 3.8) is 0 Å². The summed E-state index contributed by atoms with van der Waals surface area (Å²) < 4.78 is 0. The maximum Gasteiger partial charge on any atom is 0.250 e. The fraction of sp³-hybridized carbons (Fsp3) is 0.556. The summed E-state index contributed by atoms with van der Waals surface area (Å²) in [4.78, 5) is 31.1. The Morgan fingerprint density at radius 3 is 2.64 bits per heavy atom. The van der Waals surface area contributed by atoms with E-state index in [0.29, 0.717) is 5.92 Å². The van der Waals surface area contributed by atoms with E-state index in [-0.39, 0.29) is 23.9 Å². The summed E-state index contributed by atoms with van der Waals surface area (Å²) in [6, 6.07) is 8.86. The minimum atomic E-state index is -0.652. The molecule has 2 heterocycles. The van der Waals surface area contributed by atoms with Crippen LogP contribution in [0, 0.1) is 5.92 Å². The molecule has 2 aliphatic heterocycles. The highest BCUT2D eigenvalue weighted by atomic mass is 16.2. The molecule has 1 aromatic rings. The minimum Gasteiger partial charge on any atom is -0.339 e. The molecule has 0 spiro atoms. The van der Waals surface area contributed by atoms with Gasteiger partial charge in [0, 0.05) is 25.7 Å². The molecular weight excluding hydrogens is 412 g/mol. The molecule has 2 saturated heterocycles. The summed E-state index contributed by atoms with van der Waals surface area (Å²) in [6.07, 6.45) is 12.5. The van der Waals surface area contributed by atoms with E-state index in [1.165, 1.54) is 5.57 Å². The number of piperidine rings is 1. The average Bonchev–Trinajstić information content (AvgIpc) is 3.29. The largest absolute Gasteiger partial charge is 0.339 e. The minimum absolute atomic E-state index is 0.0186. The molecule has 0 bridgehead atoms. The van der Waals surface area contributed by atoms with E-state index >= 15 is 0 Å². The van der Waals surface area contributed by atoms with Gasteiger partial charge < -0.3 is 20.4 Å². The Labute approximate surface area is 198 Å². The smallest absolute Gasteiger partial charge is 0.250 e. The second-order valence-electron chi connectivity index (χ2n) is 9.61. The molecule has 178 valence electrons. The number of benzene rings is 1. The van der Waals surface area contributed by atoms with Gasteiger partial charge in [-0.25, -0.2) is 0 Å². The van der Waals surface area contributed by atoms with Crippen LogP contribution in [0.15, 0.2) is 54.1 Å². The zero-order valence-electron chi connectivity index (χ0n) is 20.0. The summed E-state index contributed by atoms with van der Waals surface area (Å²) in [5.74, 6) is 0.419. The zero-order valence-corrected chi connectivity index (χ0v) is 20.0. The molecule has 0 radical (unpaired) electrons. The summed E-state index contributed by atoms with van der Waals surface area (Å²) in [5, 5.41) is 5.98. The van der Waals surface area contributed by atoms with Gasteiger partial charge in [-0.1, -0.05) is 54.1 Å². The Bertz CT molecular complexity index is 881. The molecular formula is C27H38N4O2. The highest BCUT2D eigenvalue weighted by Crippen LogP contribution is 2.34. The molecule has 2 N–H and O–H groups in total. The zero-order chi connectivity index (χ0) is 23.2. The number of nitrogens with zero attached hydrogens (tertiary/aromatic N) is 2. The lowest BCUT2D eigenvalue weighted by molar-refractivity contribution is -0.138. The number of rotatable bonds is 8. The Hall–Kier alpha value is -2.44. The van der Waals surface area contributed by atoms with Crippen LogP contribution < -0.4 is 10.6 Å². The topological polar surface area (TPSA) is 64.7 Å². The monoisotopic (exact) mass is 450 g/mol. The molecule has 0 saturated carbocycles. The Morgan fingerprint density at radius 2 is 1.91 bits per heavy atom. The molecule has 3 aliphatic rings. The van der Waals surface area contributed by atoms with Crippen LogP contribution >= 0.6 is 0 Å². The Morgan fingerprint density at radius 1 is 1.12 bits per heavy atom. The van der Waals surface area contributed by atoms with Gasteiger partial charge >= 0.3 is 0 Å². The van der Waals surface area contributed by atoms with Crippen LogP contribution in [0.5, 0.6) is 0 Å². The standard InChI is InChI=1S/C27H38N4O2/c1-20(28-2)26(32)29-25(23-11-7-4-8-12-23)27(33)31-18-15-22-14-17-30(19-24(22)31)16-13-21-9-5-3-6-10-21/h4-5,7-12,20,22,24-25,28H,3,6,13-19H2,1-2H3,(H,29,32)/t20-,22+,24+,25-/m0/s1. The normalized spacial score (nSPS) is 24.7. The predicted molar refractivity (Wildman–Crippen MR) is 132 cm³/mol. The number of likely N-dealkylation sites (tertiary alicyclic amines) is 2. The van der Waals surface area contributed by atoms with Gasteiger partial charge in [0.1, 0.15) is 6.04 Å². The number of hydrogen-bond donors (Lipinski definition) is 2. The Kier molecular flexibility index (Phi) is 7.99. The van der Waals surface area contributed by atoms with Gasteiger partial charge in [0.25, 0.3) is 0 Å². The average molecular weight is 451 g/mol. The summed E-state index contributed by atoms with van der Waals surface area (Å²) >= 11 is 0. The quantitative estimate of drug-likeness (QED) is 0.639. The summed E-state index contributed by atoms with van der Waals surface area (Å²) in [6.45, 7) is 5.66. The lowest BCUT2D eigenvalue weighted by Crippen LogP contribution is -2.53. The molecule has 0 aromatic heterocycles. The number of amides is 2. The number of fused-ring (bicyclic) bond motifs is 1. The number of hydrogen-bond acceptors (Lipinski definition) is 4. The van der Waals surface area contributed by atoms with Crippen LogP contribution in [0.4, 0.5) is 0 Å². The van der Waals surface area contributed by atoms with Gasteiger partial charge in [0.2, 0.25) is 11.8 Å². The molecule has 2 fully saturated rings. The van der Waals surface area contributed by atoms with Crippen LogP contribution in [0.1, 0.15) is 50.6 Å². The van der Waals surface area contributed by atoms with Crippen LogP contribution in [-0.4, -0.2) is 66.9 Å². The van der Waals surface area contributed by atoms with Gasteiger partial charge in [0.05, 0.1) is 6.04 Å². The van der Waals surface area contributed by atoms with E-state index in [2.05, 4.69) is 38.7 Å².